The molecule has 0 bridgehead atoms. The van der Waals surface area contributed by atoms with Crippen LogP contribution in [0.25, 0.3) is 11.5 Å². The average Bonchev–Trinajstić information content (AvgIpc) is 3.09. The lowest BCUT2D eigenvalue weighted by molar-refractivity contribution is 0.175. The number of aromatic amines is 1. The van der Waals surface area contributed by atoms with Crippen molar-refractivity contribution in [1.82, 2.24) is 25.1 Å². The van der Waals surface area contributed by atoms with Crippen molar-refractivity contribution in [3.8, 4) is 17.3 Å². The van der Waals surface area contributed by atoms with E-state index in [0.717, 1.165) is 5.69 Å². The topological polar surface area (TPSA) is 89.7 Å². The molecule has 0 saturated carbocycles. The van der Waals surface area contributed by atoms with Gasteiger partial charge < -0.3 is 14.2 Å². The van der Waals surface area contributed by atoms with Gasteiger partial charge in [-0.15, -0.1) is 0 Å². The van der Waals surface area contributed by atoms with Crippen molar-refractivity contribution in [2.75, 3.05) is 0 Å². The molecular weight excluding hydrogens is 294 g/mol. The normalized spacial score (nSPS) is 12.3. The smallest absolute Gasteiger partial charge is 0.267 e. The Morgan fingerprint density at radius 2 is 2.19 bits per heavy atom. The van der Waals surface area contributed by atoms with Gasteiger partial charge >= 0.3 is 0 Å². The number of aromatic nitrogens is 5. The first kappa shape index (κ1) is 13.6. The van der Waals surface area contributed by atoms with Crippen molar-refractivity contribution in [3.05, 3.63) is 41.4 Å². The van der Waals surface area contributed by atoms with Gasteiger partial charge in [0.05, 0.1) is 12.5 Å². The van der Waals surface area contributed by atoms with Gasteiger partial charge in [0.1, 0.15) is 16.6 Å². The summed E-state index contributed by atoms with van der Waals surface area (Å²) < 4.78 is 10.9. The minimum atomic E-state index is -0.409. The molecule has 0 spiro atoms. The number of H-pyrrole nitrogens is 1. The van der Waals surface area contributed by atoms with E-state index in [0.29, 0.717) is 28.3 Å². The summed E-state index contributed by atoms with van der Waals surface area (Å²) in [7, 11) is 0. The molecule has 3 heterocycles. The van der Waals surface area contributed by atoms with E-state index < -0.39 is 6.10 Å². The molecule has 0 amide bonds. The second kappa shape index (κ2) is 5.53. The van der Waals surface area contributed by atoms with E-state index in [2.05, 4.69) is 25.1 Å². The number of ether oxygens (including phenoxy) is 1. The quantitative estimate of drug-likeness (QED) is 0.745. The predicted molar refractivity (Wildman–Crippen MR) is 74.9 cm³/mol. The Morgan fingerprint density at radius 1 is 1.33 bits per heavy atom. The van der Waals surface area contributed by atoms with Crippen molar-refractivity contribution in [2.24, 2.45) is 0 Å². The van der Waals surface area contributed by atoms with Gasteiger partial charge in [0.25, 0.3) is 5.89 Å². The molecule has 0 saturated heterocycles. The van der Waals surface area contributed by atoms with Crippen LogP contribution in [-0.2, 0) is 0 Å². The van der Waals surface area contributed by atoms with E-state index in [9.17, 15) is 0 Å². The summed E-state index contributed by atoms with van der Waals surface area (Å²) in [5.74, 6) is 1.36. The maximum atomic E-state index is 5.72. The highest BCUT2D eigenvalue weighted by atomic mass is 35.5. The highest BCUT2D eigenvalue weighted by molar-refractivity contribution is 6.29. The Bertz CT molecular complexity index is 737. The lowest BCUT2D eigenvalue weighted by Gasteiger charge is -2.09. The summed E-state index contributed by atoms with van der Waals surface area (Å²) in [6.07, 6.45) is 2.71. The van der Waals surface area contributed by atoms with Crippen LogP contribution >= 0.6 is 11.6 Å². The fourth-order valence-corrected chi connectivity index (χ4v) is 1.88. The van der Waals surface area contributed by atoms with Gasteiger partial charge in [-0.2, -0.15) is 4.98 Å². The molecule has 0 aromatic carbocycles. The molecule has 0 unspecified atom stereocenters. The molecule has 3 aromatic rings. The Morgan fingerprint density at radius 3 is 2.86 bits per heavy atom. The summed E-state index contributed by atoms with van der Waals surface area (Å²) in [5.41, 5.74) is 1.53. The zero-order valence-corrected chi connectivity index (χ0v) is 12.1. The molecule has 1 N–H and O–H groups in total. The van der Waals surface area contributed by atoms with E-state index in [1.807, 2.05) is 13.8 Å². The first-order valence-electron chi connectivity index (χ1n) is 6.25. The third-order valence-corrected chi connectivity index (χ3v) is 3.07. The molecule has 3 rings (SSSR count). The Hall–Kier alpha value is -2.41. The second-order valence-electron chi connectivity index (χ2n) is 4.41. The molecule has 3 aromatic heterocycles. The van der Waals surface area contributed by atoms with Gasteiger partial charge in [0.15, 0.2) is 6.10 Å². The number of aryl methyl sites for hydroxylation is 1. The lowest BCUT2D eigenvalue weighted by Crippen LogP contribution is -2.03. The van der Waals surface area contributed by atoms with Gasteiger partial charge in [-0.1, -0.05) is 16.8 Å². The SMILES string of the molecule is Cc1[nH]cnc1-c1noc([C@H](C)Oc2ccc(Cl)nc2)n1. The molecule has 0 aliphatic rings. The first-order valence-corrected chi connectivity index (χ1v) is 6.63. The number of nitrogens with one attached hydrogen (secondary N) is 1. The maximum Gasteiger partial charge on any atom is 0.267 e. The van der Waals surface area contributed by atoms with Crippen molar-refractivity contribution in [3.63, 3.8) is 0 Å². The standard InChI is InChI=1S/C13H12ClN5O2/c1-7-11(17-6-16-7)12-18-13(21-19-12)8(2)20-9-3-4-10(14)15-5-9/h3-6,8H,1-2H3,(H,16,17)/t8-/m0/s1. The van der Waals surface area contributed by atoms with Crippen LogP contribution in [0.1, 0.15) is 24.6 Å². The largest absolute Gasteiger partial charge is 0.479 e. The number of imidazole rings is 1. The molecule has 108 valence electrons. The minimum absolute atomic E-state index is 0.363. The van der Waals surface area contributed by atoms with Gasteiger partial charge in [0, 0.05) is 5.69 Å². The van der Waals surface area contributed by atoms with Crippen molar-refractivity contribution >= 4 is 11.6 Å². The van der Waals surface area contributed by atoms with E-state index in [-0.39, 0.29) is 0 Å². The molecule has 7 nitrogen and oxygen atoms in total. The highest BCUT2D eigenvalue weighted by Gasteiger charge is 2.19. The second-order valence-corrected chi connectivity index (χ2v) is 4.80. The Kier molecular flexibility index (Phi) is 3.57. The number of pyridine rings is 1. The third-order valence-electron chi connectivity index (χ3n) is 2.84. The fourth-order valence-electron chi connectivity index (χ4n) is 1.77. The summed E-state index contributed by atoms with van der Waals surface area (Å²) >= 11 is 5.72. The van der Waals surface area contributed by atoms with Gasteiger partial charge in [0.2, 0.25) is 5.82 Å². The minimum Gasteiger partial charge on any atom is -0.479 e. The molecule has 0 aliphatic carbocycles. The molecule has 21 heavy (non-hydrogen) atoms. The number of nitrogens with zero attached hydrogens (tertiary/aromatic N) is 4. The summed E-state index contributed by atoms with van der Waals surface area (Å²) in [6, 6.07) is 3.37. The number of hydrogen-bond acceptors (Lipinski definition) is 6. The van der Waals surface area contributed by atoms with Crippen LogP contribution in [0.4, 0.5) is 0 Å². The van der Waals surface area contributed by atoms with Crippen molar-refractivity contribution in [1.29, 1.82) is 0 Å². The van der Waals surface area contributed by atoms with Crippen LogP contribution in [0.2, 0.25) is 5.15 Å². The van der Waals surface area contributed by atoms with Crippen molar-refractivity contribution < 1.29 is 9.26 Å². The molecule has 0 aliphatic heterocycles. The predicted octanol–water partition coefficient (Wildman–Crippen LogP) is 2.96. The number of rotatable bonds is 4. The molecule has 0 fully saturated rings. The van der Waals surface area contributed by atoms with Crippen LogP contribution < -0.4 is 4.74 Å². The maximum absolute atomic E-state index is 5.72. The van der Waals surface area contributed by atoms with Crippen LogP contribution in [0, 0.1) is 6.92 Å². The summed E-state index contributed by atoms with van der Waals surface area (Å²) in [6.45, 7) is 3.70. The first-order chi connectivity index (χ1) is 10.1. The van der Waals surface area contributed by atoms with Gasteiger partial charge in [-0.3, -0.25) is 0 Å². The molecule has 8 heteroatoms. The van der Waals surface area contributed by atoms with Crippen molar-refractivity contribution in [2.45, 2.75) is 20.0 Å². The van der Waals surface area contributed by atoms with E-state index in [1.54, 1.807) is 18.5 Å². The monoisotopic (exact) mass is 305 g/mol. The zero-order chi connectivity index (χ0) is 14.8. The van der Waals surface area contributed by atoms with Crippen LogP contribution in [0.3, 0.4) is 0 Å². The van der Waals surface area contributed by atoms with Gasteiger partial charge in [-0.25, -0.2) is 9.97 Å². The molecular formula is C13H12ClN5O2. The fraction of sp³-hybridized carbons (Fsp3) is 0.231. The van der Waals surface area contributed by atoms with E-state index in [1.165, 1.54) is 6.20 Å². The van der Waals surface area contributed by atoms with Crippen LogP contribution in [0.15, 0.2) is 29.2 Å². The average molecular weight is 306 g/mol. The van der Waals surface area contributed by atoms with Crippen LogP contribution in [0.5, 0.6) is 5.75 Å². The summed E-state index contributed by atoms with van der Waals surface area (Å²) in [4.78, 5) is 15.4. The third kappa shape index (κ3) is 2.87. The molecule has 1 atom stereocenters. The number of halogens is 1. The van der Waals surface area contributed by atoms with Crippen LogP contribution in [-0.4, -0.2) is 25.1 Å². The van der Waals surface area contributed by atoms with E-state index >= 15 is 0 Å². The summed E-state index contributed by atoms with van der Waals surface area (Å²) in [5, 5.41) is 4.32. The zero-order valence-electron chi connectivity index (χ0n) is 11.4. The van der Waals surface area contributed by atoms with Gasteiger partial charge in [-0.05, 0) is 26.0 Å². The van der Waals surface area contributed by atoms with E-state index in [4.69, 9.17) is 20.9 Å². The highest BCUT2D eigenvalue weighted by Crippen LogP contribution is 2.23. The molecule has 0 radical (unpaired) electrons. The Balaban J connectivity index is 1.76. The number of hydrogen-bond donors (Lipinski definition) is 1. The lowest BCUT2D eigenvalue weighted by atomic mass is 10.3. The Labute approximate surface area is 125 Å².